The van der Waals surface area contributed by atoms with Crippen LogP contribution in [0.2, 0.25) is 0 Å². The van der Waals surface area contributed by atoms with Crippen LogP contribution in [-0.2, 0) is 22.6 Å². The topological polar surface area (TPSA) is 66.2 Å². The molecule has 106 valence electrons. The van der Waals surface area contributed by atoms with Gasteiger partial charge in [0.1, 0.15) is 5.82 Å². The fourth-order valence-corrected chi connectivity index (χ4v) is 1.76. The number of rotatable bonds is 5. The Morgan fingerprint density at radius 2 is 2.00 bits per heavy atom. The molecule has 0 bridgehead atoms. The molecule has 0 saturated heterocycles. The molecule has 20 heavy (non-hydrogen) atoms. The maximum absolute atomic E-state index is 12.9. The van der Waals surface area contributed by atoms with E-state index in [1.807, 2.05) is 0 Å². The zero-order chi connectivity index (χ0) is 14.5. The molecule has 7 heteroatoms. The van der Waals surface area contributed by atoms with Crippen molar-refractivity contribution in [2.24, 2.45) is 0 Å². The standard InChI is InChI=1S/C13H14FN3O3/c1-19-8-11-12(13(18)20-2)15-16-17(11)7-9-3-5-10(14)6-4-9/h3-6H,7-8H2,1-2H3. The van der Waals surface area contributed by atoms with Crippen molar-refractivity contribution in [2.45, 2.75) is 13.2 Å². The number of hydrogen-bond acceptors (Lipinski definition) is 5. The number of halogens is 1. The molecular formula is C13H14FN3O3. The molecule has 0 amide bonds. The monoisotopic (exact) mass is 279 g/mol. The number of aromatic nitrogens is 3. The summed E-state index contributed by atoms with van der Waals surface area (Å²) in [6.07, 6.45) is 0. The number of methoxy groups -OCH3 is 2. The maximum Gasteiger partial charge on any atom is 0.360 e. The van der Waals surface area contributed by atoms with E-state index in [1.165, 1.54) is 31.0 Å². The van der Waals surface area contributed by atoms with Crippen molar-refractivity contribution in [3.05, 3.63) is 47.0 Å². The van der Waals surface area contributed by atoms with E-state index in [0.717, 1.165) is 5.56 Å². The molecule has 0 aliphatic heterocycles. The summed E-state index contributed by atoms with van der Waals surface area (Å²) in [6, 6.07) is 6.02. The quantitative estimate of drug-likeness (QED) is 0.774. The number of carbonyl (C=O) groups excluding carboxylic acids is 1. The minimum Gasteiger partial charge on any atom is -0.464 e. The van der Waals surface area contributed by atoms with Crippen LogP contribution in [0, 0.1) is 5.82 Å². The molecule has 0 N–H and O–H groups in total. The summed E-state index contributed by atoms with van der Waals surface area (Å²) in [5, 5.41) is 7.72. The highest BCUT2D eigenvalue weighted by Crippen LogP contribution is 2.12. The van der Waals surface area contributed by atoms with Crippen LogP contribution < -0.4 is 0 Å². The number of hydrogen-bond donors (Lipinski definition) is 0. The summed E-state index contributed by atoms with van der Waals surface area (Å²) >= 11 is 0. The number of ether oxygens (including phenoxy) is 2. The Bertz CT molecular complexity index is 595. The van der Waals surface area contributed by atoms with Gasteiger partial charge in [0, 0.05) is 7.11 Å². The summed E-state index contributed by atoms with van der Waals surface area (Å²) < 4.78 is 24.1. The minimum absolute atomic E-state index is 0.122. The Hall–Kier alpha value is -2.28. The van der Waals surface area contributed by atoms with Gasteiger partial charge in [-0.15, -0.1) is 5.10 Å². The van der Waals surface area contributed by atoms with Crippen molar-refractivity contribution in [3.8, 4) is 0 Å². The summed E-state index contributed by atoms with van der Waals surface area (Å²) in [5.74, 6) is -0.873. The van der Waals surface area contributed by atoms with E-state index in [4.69, 9.17) is 4.74 Å². The van der Waals surface area contributed by atoms with E-state index in [1.54, 1.807) is 12.1 Å². The van der Waals surface area contributed by atoms with Crippen LogP contribution in [0.15, 0.2) is 24.3 Å². The average Bonchev–Trinajstić information content (AvgIpc) is 2.84. The molecule has 0 fully saturated rings. The van der Waals surface area contributed by atoms with E-state index >= 15 is 0 Å². The van der Waals surface area contributed by atoms with Crippen LogP contribution in [0.3, 0.4) is 0 Å². The highest BCUT2D eigenvalue weighted by molar-refractivity contribution is 5.88. The third kappa shape index (κ3) is 3.00. The first-order valence-corrected chi connectivity index (χ1v) is 5.89. The minimum atomic E-state index is -0.567. The van der Waals surface area contributed by atoms with Crippen molar-refractivity contribution in [3.63, 3.8) is 0 Å². The van der Waals surface area contributed by atoms with Crippen LogP contribution in [0.1, 0.15) is 21.7 Å². The van der Waals surface area contributed by atoms with Gasteiger partial charge >= 0.3 is 5.97 Å². The van der Waals surface area contributed by atoms with Gasteiger partial charge in [0.05, 0.1) is 26.0 Å². The molecule has 2 rings (SSSR count). The van der Waals surface area contributed by atoms with Crippen molar-refractivity contribution < 1.29 is 18.7 Å². The fraction of sp³-hybridized carbons (Fsp3) is 0.308. The molecule has 0 aliphatic carbocycles. The zero-order valence-electron chi connectivity index (χ0n) is 11.2. The second kappa shape index (κ2) is 6.25. The summed E-state index contributed by atoms with van der Waals surface area (Å²) in [7, 11) is 2.79. The molecule has 6 nitrogen and oxygen atoms in total. The normalized spacial score (nSPS) is 10.6. The fourth-order valence-electron chi connectivity index (χ4n) is 1.76. The predicted octanol–water partition coefficient (Wildman–Crippen LogP) is 1.40. The molecule has 1 aromatic heterocycles. The van der Waals surface area contributed by atoms with Crippen molar-refractivity contribution in [1.29, 1.82) is 0 Å². The first-order valence-electron chi connectivity index (χ1n) is 5.89. The molecule has 0 radical (unpaired) electrons. The first-order chi connectivity index (χ1) is 9.65. The third-order valence-corrected chi connectivity index (χ3v) is 2.74. The molecule has 0 atom stereocenters. The largest absolute Gasteiger partial charge is 0.464 e. The predicted molar refractivity (Wildman–Crippen MR) is 67.6 cm³/mol. The highest BCUT2D eigenvalue weighted by atomic mass is 19.1. The highest BCUT2D eigenvalue weighted by Gasteiger charge is 2.20. The van der Waals surface area contributed by atoms with Crippen LogP contribution in [0.4, 0.5) is 4.39 Å². The number of esters is 1. The van der Waals surface area contributed by atoms with Crippen LogP contribution in [0.5, 0.6) is 0 Å². The lowest BCUT2D eigenvalue weighted by molar-refractivity contribution is 0.0588. The summed E-state index contributed by atoms with van der Waals surface area (Å²) in [5.41, 5.74) is 1.48. The van der Waals surface area contributed by atoms with Crippen molar-refractivity contribution in [2.75, 3.05) is 14.2 Å². The SMILES string of the molecule is COCc1c(C(=O)OC)nnn1Cc1ccc(F)cc1. The van der Waals surface area contributed by atoms with Crippen LogP contribution in [-0.4, -0.2) is 35.2 Å². The second-order valence-corrected chi connectivity index (χ2v) is 4.09. The van der Waals surface area contributed by atoms with Gasteiger partial charge in [0.15, 0.2) is 5.69 Å². The Morgan fingerprint density at radius 3 is 2.60 bits per heavy atom. The van der Waals surface area contributed by atoms with E-state index < -0.39 is 5.97 Å². The Kier molecular flexibility index (Phi) is 4.41. The molecule has 0 spiro atoms. The van der Waals surface area contributed by atoms with Crippen LogP contribution >= 0.6 is 0 Å². The van der Waals surface area contributed by atoms with E-state index in [2.05, 4.69) is 15.0 Å². The van der Waals surface area contributed by atoms with Gasteiger partial charge in [0.25, 0.3) is 0 Å². The molecule has 0 unspecified atom stereocenters. The van der Waals surface area contributed by atoms with Gasteiger partial charge in [-0.1, -0.05) is 17.3 Å². The lowest BCUT2D eigenvalue weighted by Crippen LogP contribution is -2.11. The number of nitrogens with zero attached hydrogens (tertiary/aromatic N) is 3. The summed E-state index contributed by atoms with van der Waals surface area (Å²) in [6.45, 7) is 0.543. The Labute approximate surface area is 115 Å². The Balaban J connectivity index is 2.29. The van der Waals surface area contributed by atoms with Gasteiger partial charge < -0.3 is 9.47 Å². The van der Waals surface area contributed by atoms with Gasteiger partial charge in [-0.3, -0.25) is 0 Å². The van der Waals surface area contributed by atoms with Crippen molar-refractivity contribution in [1.82, 2.24) is 15.0 Å². The van der Waals surface area contributed by atoms with Gasteiger partial charge in [-0.05, 0) is 17.7 Å². The zero-order valence-corrected chi connectivity index (χ0v) is 11.2. The second-order valence-electron chi connectivity index (χ2n) is 4.09. The molecular weight excluding hydrogens is 265 g/mol. The van der Waals surface area contributed by atoms with Gasteiger partial charge in [-0.2, -0.15) is 0 Å². The van der Waals surface area contributed by atoms with E-state index in [-0.39, 0.29) is 18.1 Å². The van der Waals surface area contributed by atoms with E-state index in [9.17, 15) is 9.18 Å². The lowest BCUT2D eigenvalue weighted by atomic mass is 10.2. The summed E-state index contributed by atoms with van der Waals surface area (Å²) in [4.78, 5) is 11.6. The molecule has 1 aromatic carbocycles. The maximum atomic E-state index is 12.9. The molecule has 1 heterocycles. The number of carbonyl (C=O) groups is 1. The first kappa shape index (κ1) is 14.1. The molecule has 2 aromatic rings. The lowest BCUT2D eigenvalue weighted by Gasteiger charge is -2.07. The third-order valence-electron chi connectivity index (χ3n) is 2.74. The smallest absolute Gasteiger partial charge is 0.360 e. The molecule has 0 saturated carbocycles. The average molecular weight is 279 g/mol. The van der Waals surface area contributed by atoms with Crippen molar-refractivity contribution >= 4 is 5.97 Å². The number of benzene rings is 1. The van der Waals surface area contributed by atoms with Gasteiger partial charge in [-0.25, -0.2) is 13.9 Å². The molecule has 0 aliphatic rings. The Morgan fingerprint density at radius 1 is 1.30 bits per heavy atom. The van der Waals surface area contributed by atoms with Gasteiger partial charge in [0.2, 0.25) is 0 Å². The van der Waals surface area contributed by atoms with E-state index in [0.29, 0.717) is 12.2 Å². The van der Waals surface area contributed by atoms with Crippen LogP contribution in [0.25, 0.3) is 0 Å².